The average Bonchev–Trinajstić information content (AvgIpc) is 3.45. The van der Waals surface area contributed by atoms with Gasteiger partial charge in [-0.25, -0.2) is 9.07 Å². The molecule has 6 heteroatoms. The lowest BCUT2D eigenvalue weighted by Crippen LogP contribution is -2.29. The van der Waals surface area contributed by atoms with Gasteiger partial charge in [0.1, 0.15) is 5.82 Å². The normalized spacial score (nSPS) is 13.6. The van der Waals surface area contributed by atoms with Crippen molar-refractivity contribution in [2.45, 2.75) is 25.2 Å². The predicted molar refractivity (Wildman–Crippen MR) is 100 cm³/mol. The molecule has 1 amide bonds. The smallest absolute Gasteiger partial charge is 0.274 e. The number of nitrogens with zero attached hydrogens (tertiary/aromatic N) is 4. The molecule has 138 valence electrons. The van der Waals surface area contributed by atoms with Gasteiger partial charge >= 0.3 is 0 Å². The molecule has 1 aliphatic carbocycles. The molecule has 27 heavy (non-hydrogen) atoms. The highest BCUT2D eigenvalue weighted by atomic mass is 19.1. The van der Waals surface area contributed by atoms with Crippen LogP contribution in [0.4, 0.5) is 4.39 Å². The Hall–Kier alpha value is -3.02. The van der Waals surface area contributed by atoms with E-state index in [2.05, 4.69) is 10.1 Å². The summed E-state index contributed by atoms with van der Waals surface area (Å²) in [5, 5.41) is 4.54. The minimum atomic E-state index is -0.286. The van der Waals surface area contributed by atoms with Crippen molar-refractivity contribution in [2.75, 3.05) is 13.6 Å². The van der Waals surface area contributed by atoms with Crippen LogP contribution in [0.15, 0.2) is 54.9 Å². The molecular weight excluding hydrogens is 343 g/mol. The van der Waals surface area contributed by atoms with E-state index >= 15 is 0 Å². The van der Waals surface area contributed by atoms with E-state index in [1.807, 2.05) is 18.2 Å². The molecule has 0 radical (unpaired) electrons. The summed E-state index contributed by atoms with van der Waals surface area (Å²) in [4.78, 5) is 18.5. The van der Waals surface area contributed by atoms with Gasteiger partial charge in [0.25, 0.3) is 5.91 Å². The number of pyridine rings is 1. The third-order valence-corrected chi connectivity index (χ3v) is 4.85. The summed E-state index contributed by atoms with van der Waals surface area (Å²) in [5.74, 6) is 0.0315. The van der Waals surface area contributed by atoms with Crippen molar-refractivity contribution in [2.24, 2.45) is 0 Å². The first kappa shape index (κ1) is 17.4. The van der Waals surface area contributed by atoms with Crippen LogP contribution in [0.25, 0.3) is 5.69 Å². The number of amides is 1. The van der Waals surface area contributed by atoms with Crippen LogP contribution in [-0.2, 0) is 6.42 Å². The number of carbonyl (C=O) groups excluding carboxylic acids is 1. The Morgan fingerprint density at radius 2 is 1.89 bits per heavy atom. The zero-order valence-electron chi connectivity index (χ0n) is 15.2. The van der Waals surface area contributed by atoms with Crippen LogP contribution >= 0.6 is 0 Å². The van der Waals surface area contributed by atoms with Gasteiger partial charge < -0.3 is 4.90 Å². The zero-order chi connectivity index (χ0) is 18.8. The van der Waals surface area contributed by atoms with Gasteiger partial charge in [-0.1, -0.05) is 0 Å². The highest BCUT2D eigenvalue weighted by Crippen LogP contribution is 2.41. The van der Waals surface area contributed by atoms with E-state index in [-0.39, 0.29) is 11.7 Å². The standard InChI is InChI=1S/C21H21FN4O/c1-25(13-10-15-8-11-23-12-9-15)21(27)19-14-20(16-2-3-16)26(24-19)18-6-4-17(22)5-7-18/h4-9,11-12,14,16H,2-3,10,13H2,1H3. The molecule has 2 aromatic heterocycles. The predicted octanol–water partition coefficient (Wildman–Crippen LogP) is 3.60. The lowest BCUT2D eigenvalue weighted by molar-refractivity contribution is 0.0790. The molecule has 1 fully saturated rings. The largest absolute Gasteiger partial charge is 0.340 e. The molecular formula is C21H21FN4O. The lowest BCUT2D eigenvalue weighted by atomic mass is 10.2. The van der Waals surface area contributed by atoms with Gasteiger partial charge in [0.05, 0.1) is 5.69 Å². The number of halogens is 1. The van der Waals surface area contributed by atoms with Crippen molar-refractivity contribution in [1.29, 1.82) is 0 Å². The fourth-order valence-corrected chi connectivity index (χ4v) is 3.10. The molecule has 4 rings (SSSR count). The molecule has 0 saturated heterocycles. The third-order valence-electron chi connectivity index (χ3n) is 4.85. The molecule has 3 aromatic rings. The van der Waals surface area contributed by atoms with Crippen LogP contribution < -0.4 is 0 Å². The summed E-state index contributed by atoms with van der Waals surface area (Å²) < 4.78 is 15.0. The van der Waals surface area contributed by atoms with Gasteiger partial charge in [0, 0.05) is 37.6 Å². The second-order valence-electron chi connectivity index (χ2n) is 6.95. The maximum Gasteiger partial charge on any atom is 0.274 e. The van der Waals surface area contributed by atoms with Crippen molar-refractivity contribution < 1.29 is 9.18 Å². The number of benzene rings is 1. The summed E-state index contributed by atoms with van der Waals surface area (Å²) in [6, 6.07) is 12.0. The van der Waals surface area contributed by atoms with Gasteiger partial charge in [-0.2, -0.15) is 5.10 Å². The molecule has 2 heterocycles. The Balaban J connectivity index is 1.53. The first-order chi connectivity index (χ1) is 13.1. The van der Waals surface area contributed by atoms with E-state index in [9.17, 15) is 9.18 Å². The van der Waals surface area contributed by atoms with Gasteiger partial charge in [-0.3, -0.25) is 9.78 Å². The van der Waals surface area contributed by atoms with E-state index in [4.69, 9.17) is 0 Å². The molecule has 0 spiro atoms. The Labute approximate surface area is 157 Å². The molecule has 1 aromatic carbocycles. The highest BCUT2D eigenvalue weighted by molar-refractivity contribution is 5.92. The van der Waals surface area contributed by atoms with Gasteiger partial charge in [-0.15, -0.1) is 0 Å². The maximum atomic E-state index is 13.2. The highest BCUT2D eigenvalue weighted by Gasteiger charge is 2.30. The van der Waals surface area contributed by atoms with E-state index in [1.54, 1.807) is 41.2 Å². The average molecular weight is 364 g/mol. The van der Waals surface area contributed by atoms with Gasteiger partial charge in [0.15, 0.2) is 5.69 Å². The van der Waals surface area contributed by atoms with Crippen molar-refractivity contribution in [1.82, 2.24) is 19.7 Å². The van der Waals surface area contributed by atoms with Crippen molar-refractivity contribution in [3.8, 4) is 5.69 Å². The number of hydrogen-bond donors (Lipinski definition) is 0. The zero-order valence-corrected chi connectivity index (χ0v) is 15.2. The summed E-state index contributed by atoms with van der Waals surface area (Å²) in [5.41, 5.74) is 3.36. The Kier molecular flexibility index (Phi) is 4.71. The maximum absolute atomic E-state index is 13.2. The molecule has 0 unspecified atom stereocenters. The van der Waals surface area contributed by atoms with E-state index in [0.29, 0.717) is 18.2 Å². The molecule has 1 saturated carbocycles. The molecule has 5 nitrogen and oxygen atoms in total. The van der Waals surface area contributed by atoms with Crippen molar-refractivity contribution in [3.05, 3.63) is 77.6 Å². The molecule has 0 bridgehead atoms. The molecule has 1 aliphatic rings. The third kappa shape index (κ3) is 3.89. The van der Waals surface area contributed by atoms with E-state index < -0.39 is 0 Å². The topological polar surface area (TPSA) is 51.0 Å². The summed E-state index contributed by atoms with van der Waals surface area (Å²) in [6.45, 7) is 0.602. The van der Waals surface area contributed by atoms with Crippen LogP contribution in [0, 0.1) is 5.82 Å². The SMILES string of the molecule is CN(CCc1ccncc1)C(=O)c1cc(C2CC2)n(-c2ccc(F)cc2)n1. The molecule has 0 atom stereocenters. The van der Waals surface area contributed by atoms with Crippen LogP contribution in [0.2, 0.25) is 0 Å². The lowest BCUT2D eigenvalue weighted by Gasteiger charge is -2.15. The Morgan fingerprint density at radius 3 is 2.56 bits per heavy atom. The number of likely N-dealkylation sites (N-methyl/N-ethyl adjacent to an activating group) is 1. The number of carbonyl (C=O) groups is 1. The number of aromatic nitrogens is 3. The minimum absolute atomic E-state index is 0.105. The minimum Gasteiger partial charge on any atom is -0.340 e. The first-order valence-electron chi connectivity index (χ1n) is 9.12. The fourth-order valence-electron chi connectivity index (χ4n) is 3.10. The summed E-state index contributed by atoms with van der Waals surface area (Å²) >= 11 is 0. The molecule has 0 aliphatic heterocycles. The summed E-state index contributed by atoms with van der Waals surface area (Å²) in [6.07, 6.45) is 6.46. The van der Waals surface area contributed by atoms with Crippen LogP contribution in [0.3, 0.4) is 0 Å². The monoisotopic (exact) mass is 364 g/mol. The number of hydrogen-bond acceptors (Lipinski definition) is 3. The van der Waals surface area contributed by atoms with E-state index in [1.165, 1.54) is 12.1 Å². The van der Waals surface area contributed by atoms with Gasteiger partial charge in [-0.05, 0) is 67.3 Å². The van der Waals surface area contributed by atoms with Crippen LogP contribution in [0.5, 0.6) is 0 Å². The second kappa shape index (κ2) is 7.31. The van der Waals surface area contributed by atoms with Crippen LogP contribution in [0.1, 0.15) is 40.5 Å². The fraction of sp³-hybridized carbons (Fsp3) is 0.286. The van der Waals surface area contributed by atoms with Crippen LogP contribution in [-0.4, -0.2) is 39.2 Å². The van der Waals surface area contributed by atoms with Crippen molar-refractivity contribution >= 4 is 5.91 Å². The molecule has 0 N–H and O–H groups in total. The van der Waals surface area contributed by atoms with Gasteiger partial charge in [0.2, 0.25) is 0 Å². The summed E-state index contributed by atoms with van der Waals surface area (Å²) in [7, 11) is 1.79. The number of rotatable bonds is 6. The quantitative estimate of drug-likeness (QED) is 0.672. The Morgan fingerprint density at radius 1 is 1.19 bits per heavy atom. The Bertz CT molecular complexity index is 933. The second-order valence-corrected chi connectivity index (χ2v) is 6.95. The first-order valence-corrected chi connectivity index (χ1v) is 9.12. The van der Waals surface area contributed by atoms with E-state index in [0.717, 1.165) is 36.2 Å². The van der Waals surface area contributed by atoms with Crippen molar-refractivity contribution in [3.63, 3.8) is 0 Å².